The van der Waals surface area contributed by atoms with Crippen LogP contribution in [0.2, 0.25) is 0 Å². The number of Topliss-reactive ketones (excluding diaryl/α,β-unsaturated/α-hetero) is 1. The molecule has 0 aromatic carbocycles. The average molecular weight is 238 g/mol. The first kappa shape index (κ1) is 11.6. The Morgan fingerprint density at radius 2 is 2.31 bits per heavy atom. The van der Waals surface area contributed by atoms with E-state index in [2.05, 4.69) is 23.7 Å². The molecule has 88 valence electrons. The normalized spacial score (nSPS) is 15.5. The summed E-state index contributed by atoms with van der Waals surface area (Å²) in [6.07, 6.45) is 4.24. The second-order valence-corrected chi connectivity index (χ2v) is 5.85. The first-order valence-corrected chi connectivity index (χ1v) is 6.63. The van der Waals surface area contributed by atoms with Crippen molar-refractivity contribution in [3.63, 3.8) is 0 Å². The van der Waals surface area contributed by atoms with Crippen LogP contribution < -0.4 is 4.90 Å². The van der Waals surface area contributed by atoms with Crippen LogP contribution in [0, 0.1) is 5.92 Å². The number of hydrogen-bond donors (Lipinski definition) is 0. The van der Waals surface area contributed by atoms with Crippen LogP contribution in [0.1, 0.15) is 43.3 Å². The van der Waals surface area contributed by atoms with Gasteiger partial charge in [-0.1, -0.05) is 25.2 Å². The third-order valence-electron chi connectivity index (χ3n) is 2.64. The van der Waals surface area contributed by atoms with Gasteiger partial charge < -0.3 is 4.90 Å². The quantitative estimate of drug-likeness (QED) is 0.739. The predicted octanol–water partition coefficient (Wildman–Crippen LogP) is 2.97. The lowest BCUT2D eigenvalue weighted by Gasteiger charge is -2.23. The summed E-state index contributed by atoms with van der Waals surface area (Å²) in [5.74, 6) is 0.745. The van der Waals surface area contributed by atoms with Crippen LogP contribution in [0.5, 0.6) is 0 Å². The monoisotopic (exact) mass is 238 g/mol. The smallest absolute Gasteiger partial charge is 0.186 e. The summed E-state index contributed by atoms with van der Waals surface area (Å²) in [6, 6.07) is 0.661. The molecule has 0 radical (unpaired) electrons. The number of carbonyl (C=O) groups excluding carboxylic acids is 1. The van der Waals surface area contributed by atoms with E-state index >= 15 is 0 Å². The van der Waals surface area contributed by atoms with Crippen molar-refractivity contribution in [3.8, 4) is 0 Å². The van der Waals surface area contributed by atoms with Crippen molar-refractivity contribution in [2.24, 2.45) is 5.92 Å². The molecule has 1 aliphatic rings. The van der Waals surface area contributed by atoms with Crippen molar-refractivity contribution >= 4 is 22.3 Å². The molecule has 16 heavy (non-hydrogen) atoms. The Kier molecular flexibility index (Phi) is 3.28. The Balaban J connectivity index is 2.14. The van der Waals surface area contributed by atoms with E-state index in [0.29, 0.717) is 12.0 Å². The maximum Gasteiger partial charge on any atom is 0.186 e. The number of aromatic nitrogens is 1. The summed E-state index contributed by atoms with van der Waals surface area (Å²) < 4.78 is 0. The molecular weight excluding hydrogens is 220 g/mol. The minimum atomic E-state index is 0.115. The molecule has 0 bridgehead atoms. The molecule has 0 atom stereocenters. The van der Waals surface area contributed by atoms with E-state index in [1.54, 1.807) is 13.1 Å². The van der Waals surface area contributed by atoms with Crippen LogP contribution in [-0.4, -0.2) is 23.4 Å². The third-order valence-corrected chi connectivity index (χ3v) is 3.77. The lowest BCUT2D eigenvalue weighted by molar-refractivity contribution is 0.102. The second kappa shape index (κ2) is 4.53. The highest BCUT2D eigenvalue weighted by atomic mass is 32.1. The van der Waals surface area contributed by atoms with Gasteiger partial charge in [-0.15, -0.1) is 0 Å². The minimum Gasteiger partial charge on any atom is -0.345 e. The number of thiazole rings is 1. The van der Waals surface area contributed by atoms with Gasteiger partial charge in [-0.05, 0) is 18.8 Å². The largest absolute Gasteiger partial charge is 0.345 e. The molecule has 4 heteroatoms. The number of carbonyl (C=O) groups is 1. The molecule has 1 aromatic rings. The van der Waals surface area contributed by atoms with Crippen LogP contribution in [-0.2, 0) is 0 Å². The molecule has 0 spiro atoms. The van der Waals surface area contributed by atoms with E-state index in [9.17, 15) is 4.79 Å². The van der Waals surface area contributed by atoms with E-state index in [-0.39, 0.29) is 5.78 Å². The maximum atomic E-state index is 11.2. The SMILES string of the molecule is CC(=O)c1cnc(N(CC(C)C)C2CC2)s1. The van der Waals surface area contributed by atoms with Gasteiger partial charge in [0.25, 0.3) is 0 Å². The molecule has 2 rings (SSSR count). The van der Waals surface area contributed by atoms with Gasteiger partial charge in [0, 0.05) is 19.5 Å². The summed E-state index contributed by atoms with van der Waals surface area (Å²) in [5, 5.41) is 1.02. The molecule has 1 heterocycles. The Bertz CT molecular complexity index is 382. The summed E-state index contributed by atoms with van der Waals surface area (Å²) in [4.78, 5) is 18.7. The zero-order valence-electron chi connectivity index (χ0n) is 10.1. The fourth-order valence-corrected chi connectivity index (χ4v) is 2.62. The summed E-state index contributed by atoms with van der Waals surface area (Å²) >= 11 is 1.52. The molecule has 0 amide bonds. The molecule has 1 aliphatic carbocycles. The molecule has 3 nitrogen and oxygen atoms in total. The lowest BCUT2D eigenvalue weighted by Crippen LogP contribution is -2.29. The van der Waals surface area contributed by atoms with Gasteiger partial charge in [-0.3, -0.25) is 4.79 Å². The Labute approximate surface area is 100 Å². The molecule has 0 N–H and O–H groups in total. The molecule has 1 saturated carbocycles. The molecule has 0 aliphatic heterocycles. The van der Waals surface area contributed by atoms with Crippen LogP contribution in [0.15, 0.2) is 6.20 Å². The Morgan fingerprint density at radius 3 is 2.75 bits per heavy atom. The molecule has 1 aromatic heterocycles. The van der Waals surface area contributed by atoms with Crippen LogP contribution in [0.25, 0.3) is 0 Å². The Hall–Kier alpha value is -0.900. The average Bonchev–Trinajstić information content (AvgIpc) is 2.91. The van der Waals surface area contributed by atoms with Gasteiger partial charge in [-0.25, -0.2) is 4.98 Å². The fourth-order valence-electron chi connectivity index (χ4n) is 1.72. The van der Waals surface area contributed by atoms with Crippen molar-refractivity contribution in [2.75, 3.05) is 11.4 Å². The molecule has 0 unspecified atom stereocenters. The number of nitrogens with zero attached hydrogens (tertiary/aromatic N) is 2. The maximum absolute atomic E-state index is 11.2. The standard InChI is InChI=1S/C12H18N2OS/c1-8(2)7-14(10-4-5-10)12-13-6-11(16-12)9(3)15/h6,8,10H,4-5,7H2,1-3H3. The number of ketones is 1. The fraction of sp³-hybridized carbons (Fsp3) is 0.667. The van der Waals surface area contributed by atoms with Crippen molar-refractivity contribution in [1.29, 1.82) is 0 Å². The first-order chi connectivity index (χ1) is 7.58. The summed E-state index contributed by atoms with van der Waals surface area (Å²) in [5.41, 5.74) is 0. The number of hydrogen-bond acceptors (Lipinski definition) is 4. The highest BCUT2D eigenvalue weighted by molar-refractivity contribution is 7.17. The summed E-state index contributed by atoms with van der Waals surface area (Å²) in [6.45, 7) is 7.07. The molecular formula is C12H18N2OS. The highest BCUT2D eigenvalue weighted by Gasteiger charge is 2.31. The van der Waals surface area contributed by atoms with Gasteiger partial charge in [-0.2, -0.15) is 0 Å². The second-order valence-electron chi connectivity index (χ2n) is 4.84. The van der Waals surface area contributed by atoms with Gasteiger partial charge in [0.15, 0.2) is 10.9 Å². The molecule has 1 fully saturated rings. The van der Waals surface area contributed by atoms with Crippen molar-refractivity contribution in [1.82, 2.24) is 4.98 Å². The molecule has 0 saturated heterocycles. The van der Waals surface area contributed by atoms with E-state index < -0.39 is 0 Å². The van der Waals surface area contributed by atoms with E-state index in [0.717, 1.165) is 16.6 Å². The predicted molar refractivity (Wildman–Crippen MR) is 67.3 cm³/mol. The van der Waals surface area contributed by atoms with Gasteiger partial charge in [0.05, 0.1) is 11.1 Å². The highest BCUT2D eigenvalue weighted by Crippen LogP contribution is 2.34. The van der Waals surface area contributed by atoms with E-state index in [1.807, 2.05) is 0 Å². The van der Waals surface area contributed by atoms with Crippen molar-refractivity contribution in [3.05, 3.63) is 11.1 Å². The van der Waals surface area contributed by atoms with Gasteiger partial charge in [0.2, 0.25) is 0 Å². The zero-order valence-corrected chi connectivity index (χ0v) is 10.9. The van der Waals surface area contributed by atoms with Gasteiger partial charge >= 0.3 is 0 Å². The van der Waals surface area contributed by atoms with Crippen molar-refractivity contribution in [2.45, 2.75) is 39.7 Å². The number of anilines is 1. The lowest BCUT2D eigenvalue weighted by atomic mass is 10.2. The number of rotatable bonds is 5. The van der Waals surface area contributed by atoms with Crippen molar-refractivity contribution < 1.29 is 4.79 Å². The zero-order chi connectivity index (χ0) is 11.7. The third kappa shape index (κ3) is 2.61. The summed E-state index contributed by atoms with van der Waals surface area (Å²) in [7, 11) is 0. The van der Waals surface area contributed by atoms with Crippen LogP contribution >= 0.6 is 11.3 Å². The van der Waals surface area contributed by atoms with Crippen LogP contribution in [0.3, 0.4) is 0 Å². The minimum absolute atomic E-state index is 0.115. The first-order valence-electron chi connectivity index (χ1n) is 5.81. The Morgan fingerprint density at radius 1 is 1.62 bits per heavy atom. The van der Waals surface area contributed by atoms with E-state index in [1.165, 1.54) is 24.2 Å². The topological polar surface area (TPSA) is 33.2 Å². The van der Waals surface area contributed by atoms with E-state index in [4.69, 9.17) is 0 Å². The van der Waals surface area contributed by atoms with Crippen LogP contribution in [0.4, 0.5) is 5.13 Å². The van der Waals surface area contributed by atoms with Gasteiger partial charge in [0.1, 0.15) is 0 Å².